The Morgan fingerprint density at radius 1 is 0.857 bits per heavy atom. The van der Waals surface area contributed by atoms with Crippen LogP contribution in [0.5, 0.6) is 0 Å². The molecule has 78 valence electrons. The van der Waals surface area contributed by atoms with Crippen molar-refractivity contribution in [1.82, 2.24) is 0 Å². The summed E-state index contributed by atoms with van der Waals surface area (Å²) in [5.41, 5.74) is 0. The van der Waals surface area contributed by atoms with Gasteiger partial charge in [0.05, 0.1) is 0 Å². The van der Waals surface area contributed by atoms with E-state index >= 15 is 0 Å². The van der Waals surface area contributed by atoms with Crippen molar-refractivity contribution in [1.29, 1.82) is 0 Å². The topological polar surface area (TPSA) is 20.2 Å². The van der Waals surface area contributed by atoms with E-state index < -0.39 is 0 Å². The van der Waals surface area contributed by atoms with E-state index in [1.165, 1.54) is 19.3 Å². The summed E-state index contributed by atoms with van der Waals surface area (Å²) >= 11 is 0. The van der Waals surface area contributed by atoms with Crippen LogP contribution in [0.1, 0.15) is 32.1 Å². The Bertz CT molecular complexity index is 262. The summed E-state index contributed by atoms with van der Waals surface area (Å²) in [7, 11) is 0. The second kappa shape index (κ2) is 2.55. The minimum absolute atomic E-state index is 0.474. The Balaban J connectivity index is 1.68. The lowest BCUT2D eigenvalue weighted by Crippen LogP contribution is -2.33. The Morgan fingerprint density at radius 2 is 1.64 bits per heavy atom. The highest BCUT2D eigenvalue weighted by molar-refractivity contribution is 5.10. The highest BCUT2D eigenvalue weighted by atomic mass is 16.3. The van der Waals surface area contributed by atoms with Crippen molar-refractivity contribution in [3.8, 4) is 0 Å². The molecule has 0 heterocycles. The van der Waals surface area contributed by atoms with E-state index in [-0.39, 0.29) is 0 Å². The molecule has 14 heavy (non-hydrogen) atoms. The second-order valence-corrected chi connectivity index (χ2v) is 6.33. The van der Waals surface area contributed by atoms with Crippen LogP contribution >= 0.6 is 0 Å². The van der Waals surface area contributed by atoms with Gasteiger partial charge >= 0.3 is 0 Å². The Morgan fingerprint density at radius 3 is 2.43 bits per heavy atom. The van der Waals surface area contributed by atoms with Gasteiger partial charge in [0.25, 0.3) is 0 Å². The van der Waals surface area contributed by atoms with E-state index in [1.807, 2.05) is 0 Å². The molecule has 1 N–H and O–H groups in total. The van der Waals surface area contributed by atoms with Crippen LogP contribution in [-0.4, -0.2) is 11.7 Å². The average Bonchev–Trinajstić information content (AvgIpc) is 2.94. The van der Waals surface area contributed by atoms with E-state index in [2.05, 4.69) is 0 Å². The fourth-order valence-electron chi connectivity index (χ4n) is 5.91. The van der Waals surface area contributed by atoms with Gasteiger partial charge in [-0.2, -0.15) is 0 Å². The molecule has 0 amide bonds. The third kappa shape index (κ3) is 0.778. The number of rotatable bonds is 1. The molecular formula is C13H20O. The van der Waals surface area contributed by atoms with E-state index in [0.29, 0.717) is 12.5 Å². The zero-order valence-electron chi connectivity index (χ0n) is 8.73. The zero-order chi connectivity index (χ0) is 9.28. The van der Waals surface area contributed by atoms with Gasteiger partial charge in [-0.3, -0.25) is 0 Å². The first-order valence-corrected chi connectivity index (χ1v) is 6.49. The summed E-state index contributed by atoms with van der Waals surface area (Å²) < 4.78 is 0. The first-order valence-electron chi connectivity index (χ1n) is 6.49. The molecule has 0 radical (unpaired) electrons. The predicted molar refractivity (Wildman–Crippen MR) is 54.6 cm³/mol. The van der Waals surface area contributed by atoms with Gasteiger partial charge in [-0.1, -0.05) is 0 Å². The summed E-state index contributed by atoms with van der Waals surface area (Å²) in [6.45, 7) is 0.474. The van der Waals surface area contributed by atoms with Crippen LogP contribution in [0.25, 0.3) is 0 Å². The number of hydrogen-bond acceptors (Lipinski definition) is 1. The largest absolute Gasteiger partial charge is 0.396 e. The SMILES string of the molecule is OCC1CC2CC1C1C3CCC(C3)C21. The molecule has 4 saturated carbocycles. The highest BCUT2D eigenvalue weighted by Crippen LogP contribution is 2.68. The van der Waals surface area contributed by atoms with Crippen LogP contribution in [0.3, 0.4) is 0 Å². The van der Waals surface area contributed by atoms with Crippen LogP contribution in [0.4, 0.5) is 0 Å². The van der Waals surface area contributed by atoms with Gasteiger partial charge in [0.1, 0.15) is 0 Å². The highest BCUT2D eigenvalue weighted by Gasteiger charge is 2.61. The summed E-state index contributed by atoms with van der Waals surface area (Å²) in [6.07, 6.45) is 7.46. The van der Waals surface area contributed by atoms with Crippen molar-refractivity contribution in [3.63, 3.8) is 0 Å². The maximum absolute atomic E-state index is 9.38. The third-order valence-corrected chi connectivity index (χ3v) is 6.11. The number of aliphatic hydroxyl groups excluding tert-OH is 1. The number of hydrogen-bond donors (Lipinski definition) is 1. The molecule has 4 rings (SSSR count). The molecule has 7 atom stereocenters. The monoisotopic (exact) mass is 192 g/mol. The van der Waals surface area contributed by atoms with Crippen LogP contribution in [0, 0.1) is 41.4 Å². The number of aliphatic hydroxyl groups is 1. The van der Waals surface area contributed by atoms with E-state index in [0.717, 1.165) is 35.5 Å². The normalized spacial score (nSPS) is 63.6. The minimum atomic E-state index is 0.474. The van der Waals surface area contributed by atoms with Crippen molar-refractivity contribution in [2.45, 2.75) is 32.1 Å². The van der Waals surface area contributed by atoms with Crippen molar-refractivity contribution < 1.29 is 5.11 Å². The van der Waals surface area contributed by atoms with Crippen LogP contribution in [-0.2, 0) is 0 Å². The van der Waals surface area contributed by atoms with Gasteiger partial charge in [-0.25, -0.2) is 0 Å². The predicted octanol–water partition coefficient (Wildman–Crippen LogP) is 2.30. The smallest absolute Gasteiger partial charge is 0.0462 e. The van der Waals surface area contributed by atoms with Gasteiger partial charge in [0.15, 0.2) is 0 Å². The first kappa shape index (κ1) is 8.15. The lowest BCUT2D eigenvalue weighted by molar-refractivity contribution is 0.0718. The minimum Gasteiger partial charge on any atom is -0.396 e. The maximum Gasteiger partial charge on any atom is 0.0462 e. The standard InChI is InChI=1S/C13H20O/c14-6-10-4-9-5-11(10)13-8-2-1-7(3-8)12(9)13/h7-14H,1-6H2. The van der Waals surface area contributed by atoms with Gasteiger partial charge < -0.3 is 5.11 Å². The van der Waals surface area contributed by atoms with E-state index in [4.69, 9.17) is 0 Å². The number of fused-ring (bicyclic) bond motifs is 9. The quantitative estimate of drug-likeness (QED) is 0.632. The molecule has 4 bridgehead atoms. The molecule has 4 fully saturated rings. The van der Waals surface area contributed by atoms with Crippen LogP contribution in [0.15, 0.2) is 0 Å². The summed E-state index contributed by atoms with van der Waals surface area (Å²) in [6, 6.07) is 0. The molecule has 0 saturated heterocycles. The molecule has 0 spiro atoms. The summed E-state index contributed by atoms with van der Waals surface area (Å²) in [5, 5.41) is 9.38. The molecule has 4 aliphatic rings. The first-order chi connectivity index (χ1) is 6.88. The van der Waals surface area contributed by atoms with Gasteiger partial charge in [0.2, 0.25) is 0 Å². The van der Waals surface area contributed by atoms with Crippen LogP contribution < -0.4 is 0 Å². The molecule has 0 aliphatic heterocycles. The zero-order valence-corrected chi connectivity index (χ0v) is 8.73. The maximum atomic E-state index is 9.38. The second-order valence-electron chi connectivity index (χ2n) is 6.33. The van der Waals surface area contributed by atoms with E-state index in [9.17, 15) is 5.11 Å². The van der Waals surface area contributed by atoms with Gasteiger partial charge in [-0.05, 0) is 73.5 Å². The van der Waals surface area contributed by atoms with Crippen molar-refractivity contribution >= 4 is 0 Å². The van der Waals surface area contributed by atoms with Crippen molar-refractivity contribution in [2.75, 3.05) is 6.61 Å². The Labute approximate surface area is 85.9 Å². The Hall–Kier alpha value is -0.0400. The molecular weight excluding hydrogens is 172 g/mol. The van der Waals surface area contributed by atoms with E-state index in [1.54, 1.807) is 12.8 Å². The molecule has 0 aromatic heterocycles. The molecule has 1 nitrogen and oxygen atoms in total. The molecule has 0 aromatic carbocycles. The van der Waals surface area contributed by atoms with Crippen LogP contribution in [0.2, 0.25) is 0 Å². The fourth-order valence-corrected chi connectivity index (χ4v) is 5.91. The van der Waals surface area contributed by atoms with Gasteiger partial charge in [0, 0.05) is 6.61 Å². The van der Waals surface area contributed by atoms with Crippen molar-refractivity contribution in [2.24, 2.45) is 41.4 Å². The lowest BCUT2D eigenvalue weighted by atomic mass is 9.68. The molecule has 4 aliphatic carbocycles. The summed E-state index contributed by atoms with van der Waals surface area (Å²) in [5.74, 6) is 7.02. The average molecular weight is 192 g/mol. The fraction of sp³-hybridized carbons (Fsp3) is 1.00. The lowest BCUT2D eigenvalue weighted by Gasteiger charge is -2.38. The van der Waals surface area contributed by atoms with Crippen molar-refractivity contribution in [3.05, 3.63) is 0 Å². The third-order valence-electron chi connectivity index (χ3n) is 6.11. The summed E-state index contributed by atoms with van der Waals surface area (Å²) in [4.78, 5) is 0. The molecule has 1 heteroatoms. The Kier molecular flexibility index (Phi) is 1.49. The van der Waals surface area contributed by atoms with Gasteiger partial charge in [-0.15, -0.1) is 0 Å². The molecule has 0 aromatic rings. The molecule has 7 unspecified atom stereocenters.